The van der Waals surface area contributed by atoms with E-state index in [1.54, 1.807) is 0 Å². The molecule has 0 aliphatic heterocycles. The van der Waals surface area contributed by atoms with Gasteiger partial charge in [-0.3, -0.25) is 14.2 Å². The highest BCUT2D eigenvalue weighted by atomic mass is 31.2. The predicted molar refractivity (Wildman–Crippen MR) is 293 cm³/mol. The number of rotatable bonds is 48. The van der Waals surface area contributed by atoms with Crippen molar-refractivity contribution in [2.75, 3.05) is 40.9 Å². The fraction of sp³-hybridized carbons (Fsp3) is 0.695. The number of allylic oxidation sites excluding steroid dienone is 15. The lowest BCUT2D eigenvalue weighted by molar-refractivity contribution is -0.870. The molecule has 0 saturated heterocycles. The van der Waals surface area contributed by atoms with E-state index < -0.39 is 26.6 Å². The number of hydrogen-bond acceptors (Lipinski definition) is 7. The van der Waals surface area contributed by atoms with Crippen LogP contribution in [0.15, 0.2) is 97.2 Å². The van der Waals surface area contributed by atoms with Gasteiger partial charge in [0, 0.05) is 12.8 Å². The molecule has 1 amide bonds. The van der Waals surface area contributed by atoms with Crippen LogP contribution in [0.1, 0.15) is 213 Å². The van der Waals surface area contributed by atoms with Gasteiger partial charge < -0.3 is 28.5 Å². The minimum atomic E-state index is -4.71. The summed E-state index contributed by atoms with van der Waals surface area (Å²) in [5.74, 6) is -0.618. The molecule has 0 spiro atoms. The van der Waals surface area contributed by atoms with Crippen molar-refractivity contribution < 1.29 is 37.3 Å². The molecule has 3 unspecified atom stereocenters. The summed E-state index contributed by atoms with van der Waals surface area (Å²) >= 11 is 0. The van der Waals surface area contributed by atoms with Crippen molar-refractivity contribution in [1.29, 1.82) is 0 Å². The van der Waals surface area contributed by atoms with Gasteiger partial charge in [-0.15, -0.1) is 0 Å². The van der Waals surface area contributed by atoms with Gasteiger partial charge in [0.1, 0.15) is 19.3 Å². The Bertz CT molecular complexity index is 1510. The topological polar surface area (TPSA) is 114 Å². The Balaban J connectivity index is 5.53. The van der Waals surface area contributed by atoms with E-state index in [1.165, 1.54) is 96.3 Å². The van der Waals surface area contributed by atoms with E-state index in [2.05, 4.69) is 50.4 Å². The van der Waals surface area contributed by atoms with E-state index in [1.807, 2.05) is 94.1 Å². The third kappa shape index (κ3) is 49.7. The molecule has 69 heavy (non-hydrogen) atoms. The number of quaternary nitrogens is 1. The zero-order chi connectivity index (χ0) is 50.8. The van der Waals surface area contributed by atoms with Gasteiger partial charge in [-0.1, -0.05) is 221 Å². The van der Waals surface area contributed by atoms with Crippen LogP contribution in [0.5, 0.6) is 0 Å². The van der Waals surface area contributed by atoms with Crippen molar-refractivity contribution in [2.45, 2.75) is 226 Å². The third-order valence-corrected chi connectivity index (χ3v) is 12.6. The zero-order valence-corrected chi connectivity index (χ0v) is 45.9. The molecule has 0 heterocycles. The highest BCUT2D eigenvalue weighted by Gasteiger charge is 2.27. The second kappa shape index (κ2) is 48.6. The number of phosphoric ester groups is 1. The first-order valence-electron chi connectivity index (χ1n) is 27.6. The van der Waals surface area contributed by atoms with E-state index in [0.29, 0.717) is 23.9 Å². The maximum atomic E-state index is 13.5. The van der Waals surface area contributed by atoms with Gasteiger partial charge in [-0.05, 0) is 76.7 Å². The molecule has 0 bridgehead atoms. The van der Waals surface area contributed by atoms with Crippen molar-refractivity contribution in [3.8, 4) is 0 Å². The van der Waals surface area contributed by atoms with E-state index >= 15 is 0 Å². The van der Waals surface area contributed by atoms with Gasteiger partial charge in [0.2, 0.25) is 5.91 Å². The number of amides is 1. The molecule has 0 rings (SSSR count). The van der Waals surface area contributed by atoms with Gasteiger partial charge in [0.15, 0.2) is 0 Å². The van der Waals surface area contributed by atoms with Crippen molar-refractivity contribution in [3.63, 3.8) is 0 Å². The average Bonchev–Trinajstić information content (AvgIpc) is 3.31. The molecule has 0 saturated carbocycles. The van der Waals surface area contributed by atoms with Crippen LogP contribution in [0.2, 0.25) is 0 Å². The minimum Gasteiger partial charge on any atom is -0.756 e. The summed E-state index contributed by atoms with van der Waals surface area (Å²) in [4.78, 5) is 39.8. The Labute approximate surface area is 424 Å². The maximum absolute atomic E-state index is 13.5. The van der Waals surface area contributed by atoms with Crippen molar-refractivity contribution in [2.24, 2.45) is 0 Å². The molecule has 10 heteroatoms. The molecule has 1 N–H and O–H groups in total. The Morgan fingerprint density at radius 3 is 1.43 bits per heavy atom. The zero-order valence-electron chi connectivity index (χ0n) is 45.0. The summed E-state index contributed by atoms with van der Waals surface area (Å²) in [6.07, 6.45) is 63.7. The maximum Gasteiger partial charge on any atom is 0.306 e. The minimum absolute atomic E-state index is 0.0384. The first-order valence-corrected chi connectivity index (χ1v) is 29.1. The lowest BCUT2D eigenvalue weighted by Crippen LogP contribution is -2.47. The number of unbranched alkanes of at least 4 members (excludes halogenated alkanes) is 23. The summed E-state index contributed by atoms with van der Waals surface area (Å²) in [6, 6.07) is -0.922. The summed E-state index contributed by atoms with van der Waals surface area (Å²) < 4.78 is 30.1. The average molecular weight is 983 g/mol. The van der Waals surface area contributed by atoms with E-state index in [4.69, 9.17) is 13.8 Å². The quantitative estimate of drug-likeness (QED) is 0.0161. The molecule has 396 valence electrons. The molecule has 3 atom stereocenters. The smallest absolute Gasteiger partial charge is 0.306 e. The molecular weight excluding hydrogens is 880 g/mol. The van der Waals surface area contributed by atoms with Crippen LogP contribution in [-0.2, 0) is 27.9 Å². The first kappa shape index (κ1) is 65.9. The van der Waals surface area contributed by atoms with Crippen LogP contribution in [0.25, 0.3) is 0 Å². The number of likely N-dealkylation sites (N-methyl/N-ethyl adjacent to an activating group) is 1. The van der Waals surface area contributed by atoms with Crippen LogP contribution in [-0.4, -0.2) is 69.4 Å². The standard InChI is InChI=1S/C59H103N2O7P/c1-7-10-13-16-19-22-25-28-29-30-31-34-36-39-42-45-48-51-58(62)60-56(55-67-69(64,65)66-54-53-61(4,5)6)57(50-47-44-41-38-35-32-26-23-20-17-14-11-8-2)68-59(63)52-49-46-43-40-37-33-27-24-21-18-15-12-9-3/h10,13,16,19,22,25,28-31,33-34,36-37,47,50,56-57H,7-9,11-12,14-15,17-18,20-21,23-24,26-27,32,35,38-46,48-49,51-55H2,1-6H3,(H-,60,62,64,65)/b13-10-,19-16+,25-22+,29-28-,31-30+,36-34+,37-33-,50-47-. The van der Waals surface area contributed by atoms with E-state index in [-0.39, 0.29) is 31.3 Å². The first-order chi connectivity index (χ1) is 33.4. The number of esters is 1. The SMILES string of the molecule is CC\C=C/C=C/C=C/C=C\C=C\C=C\CCCCCC(=O)NC(COP(=O)([O-])OCC[N+](C)(C)C)C(/C=C\CCCCCCCCCCCCC)OC(=O)CCCCC/C=C\CCCCCCCC. The molecule has 0 radical (unpaired) electrons. The summed E-state index contributed by atoms with van der Waals surface area (Å²) in [5.41, 5.74) is 0. The highest BCUT2D eigenvalue weighted by Crippen LogP contribution is 2.38. The number of phosphoric acid groups is 1. The van der Waals surface area contributed by atoms with Crippen LogP contribution in [0.4, 0.5) is 0 Å². The molecule has 0 aliphatic rings. The fourth-order valence-corrected chi connectivity index (χ4v) is 8.09. The third-order valence-electron chi connectivity index (χ3n) is 11.7. The Morgan fingerprint density at radius 1 is 0.522 bits per heavy atom. The second-order valence-corrected chi connectivity index (χ2v) is 20.9. The van der Waals surface area contributed by atoms with Gasteiger partial charge in [-0.2, -0.15) is 0 Å². The summed E-state index contributed by atoms with van der Waals surface area (Å²) in [5, 5.41) is 2.98. The molecule has 0 aromatic heterocycles. The van der Waals surface area contributed by atoms with E-state index in [0.717, 1.165) is 70.6 Å². The van der Waals surface area contributed by atoms with Gasteiger partial charge in [-0.25, -0.2) is 0 Å². The predicted octanol–water partition coefficient (Wildman–Crippen LogP) is 15.8. The van der Waals surface area contributed by atoms with Gasteiger partial charge >= 0.3 is 5.97 Å². The van der Waals surface area contributed by atoms with Crippen molar-refractivity contribution >= 4 is 19.7 Å². The molecule has 0 aliphatic carbocycles. The summed E-state index contributed by atoms with van der Waals surface area (Å²) in [6.45, 7) is 6.62. The number of carbonyl (C=O) groups excluding carboxylic acids is 2. The van der Waals surface area contributed by atoms with Crippen LogP contribution in [0, 0.1) is 0 Å². The normalized spacial score (nSPS) is 14.6. The number of ether oxygens (including phenoxy) is 1. The second-order valence-electron chi connectivity index (χ2n) is 19.5. The monoisotopic (exact) mass is 983 g/mol. The van der Waals surface area contributed by atoms with Crippen molar-refractivity contribution in [3.05, 3.63) is 97.2 Å². The Hall–Kier alpha value is -3.07. The largest absolute Gasteiger partial charge is 0.756 e. The fourth-order valence-electron chi connectivity index (χ4n) is 7.37. The van der Waals surface area contributed by atoms with Gasteiger partial charge in [0.25, 0.3) is 7.82 Å². The number of hydrogen-bond donors (Lipinski definition) is 1. The van der Waals surface area contributed by atoms with Crippen LogP contribution < -0.4 is 10.2 Å². The van der Waals surface area contributed by atoms with E-state index in [9.17, 15) is 19.0 Å². The Kier molecular flexibility index (Phi) is 46.4. The molecular formula is C59H103N2O7P. The van der Waals surface area contributed by atoms with Gasteiger partial charge in [0.05, 0.1) is 33.8 Å². The number of nitrogens with one attached hydrogen (secondary N) is 1. The number of nitrogens with zero attached hydrogens (tertiary/aromatic N) is 1. The lowest BCUT2D eigenvalue weighted by atomic mass is 10.0. The molecule has 0 aromatic carbocycles. The van der Waals surface area contributed by atoms with Crippen LogP contribution >= 0.6 is 7.82 Å². The van der Waals surface area contributed by atoms with Crippen LogP contribution in [0.3, 0.4) is 0 Å². The molecule has 0 aromatic rings. The molecule has 9 nitrogen and oxygen atoms in total. The lowest BCUT2D eigenvalue weighted by Gasteiger charge is -2.30. The number of carbonyl (C=O) groups is 2. The Morgan fingerprint density at radius 2 is 0.942 bits per heavy atom. The highest BCUT2D eigenvalue weighted by molar-refractivity contribution is 7.45. The van der Waals surface area contributed by atoms with Crippen molar-refractivity contribution in [1.82, 2.24) is 5.32 Å². The molecule has 0 fully saturated rings. The summed E-state index contributed by atoms with van der Waals surface area (Å²) in [7, 11) is 1.13.